The fraction of sp³-hybridized carbons (Fsp3) is 0.500. The Bertz CT molecular complexity index is 1900. The Morgan fingerprint density at radius 3 is 2.49 bits per heavy atom. The minimum absolute atomic E-state index is 0.0452. The van der Waals surface area contributed by atoms with E-state index in [0.29, 0.717) is 16.8 Å². The quantitative estimate of drug-likeness (QED) is 0.0667. The van der Waals surface area contributed by atoms with Crippen molar-refractivity contribution in [2.24, 2.45) is 0 Å². The van der Waals surface area contributed by atoms with Crippen LogP contribution >= 0.6 is 72.0 Å². The van der Waals surface area contributed by atoms with Gasteiger partial charge in [0.15, 0.2) is 29.5 Å². The van der Waals surface area contributed by atoms with Gasteiger partial charge in [-0.05, 0) is 0 Å². The average Bonchev–Trinajstić information content (AvgIpc) is 3.71. The van der Waals surface area contributed by atoms with Crippen molar-refractivity contribution in [1.29, 1.82) is 0 Å². The largest absolute Gasteiger partial charge is 0.386 e. The van der Waals surface area contributed by atoms with E-state index in [1.807, 2.05) is 0 Å². The van der Waals surface area contributed by atoms with E-state index < -0.39 is 57.1 Å². The standard InChI is InChI=1S/C20H23FIN9O9P2S3/c21-11-13(9(3-36-41(33,34)43)39-19(11)30-6-29-12-15(23)25-4-27-17(12)30)40-42(35,44)37-2-8-7(22)1-10(38-8)31-18-14(45-20(31)32)16(24)26-5-28-18/h4-11,13,19H,1-3H2,(H,35,44)(H2,23,25,27)(H2,24,26,28)(H2,33,34,43)/t7?,8-,9?,10-,11-,13?,19-,42?/m1/s1. The molecule has 18 nitrogen and oxygen atoms in total. The fourth-order valence-corrected chi connectivity index (χ4v) is 8.59. The van der Waals surface area contributed by atoms with E-state index in [1.54, 1.807) is 0 Å². The second-order valence-electron chi connectivity index (χ2n) is 9.74. The van der Waals surface area contributed by atoms with Gasteiger partial charge in [0.2, 0.25) is 0 Å². The molecule has 9 atom stereocenters. The zero-order chi connectivity index (χ0) is 32.3. The highest BCUT2D eigenvalue weighted by Gasteiger charge is 2.51. The van der Waals surface area contributed by atoms with Crippen molar-refractivity contribution in [3.63, 3.8) is 0 Å². The van der Waals surface area contributed by atoms with Crippen LogP contribution in [0, 0.1) is 0 Å². The number of fused-ring (bicyclic) bond motifs is 2. The number of halogens is 2. The number of thiazole rings is 1. The first-order valence-corrected chi connectivity index (χ1v) is 20.2. The van der Waals surface area contributed by atoms with E-state index in [1.165, 1.54) is 21.8 Å². The molecule has 2 fully saturated rings. The molecule has 25 heteroatoms. The van der Waals surface area contributed by atoms with Gasteiger partial charge in [0, 0.05) is 10.3 Å². The van der Waals surface area contributed by atoms with Gasteiger partial charge in [-0.15, -0.1) is 0 Å². The zero-order valence-electron chi connectivity index (χ0n) is 22.3. The third-order valence-electron chi connectivity index (χ3n) is 6.87. The summed E-state index contributed by atoms with van der Waals surface area (Å²) in [5.74, 6) is 0.213. The van der Waals surface area contributed by atoms with Gasteiger partial charge in [-0.3, -0.25) is 27.5 Å². The highest BCUT2D eigenvalue weighted by molar-refractivity contribution is 14.1. The van der Waals surface area contributed by atoms with Crippen LogP contribution in [-0.2, 0) is 32.2 Å². The Labute approximate surface area is 279 Å². The molecule has 5 unspecified atom stereocenters. The highest BCUT2D eigenvalue weighted by Crippen LogP contribution is 2.57. The van der Waals surface area contributed by atoms with Crippen molar-refractivity contribution < 1.29 is 41.5 Å². The molecular formula is C20H23FIN9O9P2S3. The van der Waals surface area contributed by atoms with Crippen LogP contribution in [0.5, 0.6) is 0 Å². The van der Waals surface area contributed by atoms with Crippen LogP contribution in [-0.4, -0.2) is 80.6 Å². The van der Waals surface area contributed by atoms with Crippen LogP contribution < -0.4 is 16.3 Å². The lowest BCUT2D eigenvalue weighted by Crippen LogP contribution is -2.33. The number of imidazole rings is 1. The Hall–Kier alpha value is -1.50. The van der Waals surface area contributed by atoms with Gasteiger partial charge >= 0.3 is 18.5 Å². The average molecular weight is 838 g/mol. The van der Waals surface area contributed by atoms with Crippen LogP contribution in [0.15, 0.2) is 23.8 Å². The van der Waals surface area contributed by atoms with Gasteiger partial charge < -0.3 is 25.8 Å². The lowest BCUT2D eigenvalue weighted by molar-refractivity contribution is -0.0416. The molecule has 0 aliphatic carbocycles. The molecule has 45 heavy (non-hydrogen) atoms. The number of ether oxygens (including phenoxy) is 2. The SMILES string of the molecule is Nc1ncnc2c1ncn2[C@@H]1OC(COP(=O)(O)S)C(OP(=O)(S)OC[C@H]2O[C@@H](n3c(=O)sc4c(N)ncnc43)CC2I)[C@H]1F. The lowest BCUT2D eigenvalue weighted by Gasteiger charge is -2.24. The molecule has 0 aromatic carbocycles. The third-order valence-corrected chi connectivity index (χ3v) is 11.6. The minimum atomic E-state index is -4.34. The predicted octanol–water partition coefficient (Wildman–Crippen LogP) is 2.67. The summed E-state index contributed by atoms with van der Waals surface area (Å²) >= 11 is 10.5. The Balaban J connectivity index is 1.17. The van der Waals surface area contributed by atoms with Crippen LogP contribution in [0.3, 0.4) is 0 Å². The summed E-state index contributed by atoms with van der Waals surface area (Å²) < 4.78 is 71.6. The minimum Gasteiger partial charge on any atom is -0.382 e. The number of nitrogens with two attached hydrogens (primary N) is 2. The number of rotatable bonds is 10. The van der Waals surface area contributed by atoms with E-state index in [9.17, 15) is 18.8 Å². The molecule has 0 saturated carbocycles. The van der Waals surface area contributed by atoms with E-state index in [2.05, 4.69) is 72.0 Å². The molecule has 0 spiro atoms. The number of nitrogens with zero attached hydrogens (tertiary/aromatic N) is 7. The molecule has 2 aliphatic rings. The molecular weight excluding hydrogens is 814 g/mol. The van der Waals surface area contributed by atoms with Gasteiger partial charge in [0.25, 0.3) is 0 Å². The number of hydrogen-bond acceptors (Lipinski definition) is 16. The molecule has 0 amide bonds. The first-order chi connectivity index (χ1) is 21.2. The van der Waals surface area contributed by atoms with Crippen molar-refractivity contribution in [1.82, 2.24) is 34.1 Å². The second-order valence-corrected chi connectivity index (χ2v) is 17.9. The molecule has 2 saturated heterocycles. The molecule has 6 heterocycles. The van der Waals surface area contributed by atoms with Gasteiger partial charge in [-0.2, -0.15) is 0 Å². The molecule has 2 aliphatic heterocycles. The second kappa shape index (κ2) is 12.8. The molecule has 6 rings (SSSR count). The van der Waals surface area contributed by atoms with Crippen molar-refractivity contribution >= 4 is 105 Å². The van der Waals surface area contributed by atoms with Gasteiger partial charge in [-0.25, -0.2) is 38.4 Å². The first kappa shape index (κ1) is 33.4. The van der Waals surface area contributed by atoms with Crippen molar-refractivity contribution in [2.75, 3.05) is 24.7 Å². The van der Waals surface area contributed by atoms with Crippen molar-refractivity contribution in [3.05, 3.63) is 28.6 Å². The summed E-state index contributed by atoms with van der Waals surface area (Å²) in [5.41, 5.74) is 12.4. The van der Waals surface area contributed by atoms with Crippen molar-refractivity contribution in [3.8, 4) is 0 Å². The number of aromatic nitrogens is 7. The summed E-state index contributed by atoms with van der Waals surface area (Å²) in [4.78, 5) is 42.0. The number of alkyl halides is 2. The number of nitrogen functional groups attached to an aromatic ring is 2. The zero-order valence-corrected chi connectivity index (χ0v) is 28.9. The topological polar surface area (TPSA) is 244 Å². The Morgan fingerprint density at radius 1 is 1.07 bits per heavy atom. The predicted molar refractivity (Wildman–Crippen MR) is 173 cm³/mol. The maximum absolute atomic E-state index is 16.0. The first-order valence-electron chi connectivity index (χ1n) is 12.7. The summed E-state index contributed by atoms with van der Waals surface area (Å²) in [6.07, 6.45) is -3.96. The van der Waals surface area contributed by atoms with Crippen LogP contribution in [0.1, 0.15) is 18.9 Å². The Kier molecular flexibility index (Phi) is 9.53. The highest BCUT2D eigenvalue weighted by atomic mass is 127. The van der Waals surface area contributed by atoms with E-state index in [-0.39, 0.29) is 38.2 Å². The smallest absolute Gasteiger partial charge is 0.382 e. The number of hydrogen-bond donors (Lipinski definition) is 5. The van der Waals surface area contributed by atoms with Crippen molar-refractivity contribution in [2.45, 2.75) is 47.3 Å². The van der Waals surface area contributed by atoms with Crippen LogP contribution in [0.25, 0.3) is 21.5 Å². The fourth-order valence-electron chi connectivity index (χ4n) is 4.88. The van der Waals surface area contributed by atoms with E-state index >= 15 is 4.39 Å². The monoisotopic (exact) mass is 837 g/mol. The molecule has 0 radical (unpaired) electrons. The molecule has 4 aromatic rings. The molecule has 244 valence electrons. The van der Waals surface area contributed by atoms with Gasteiger partial charge in [0.05, 0.1) is 25.6 Å². The Morgan fingerprint density at radius 2 is 1.76 bits per heavy atom. The van der Waals surface area contributed by atoms with E-state index in [0.717, 1.165) is 17.7 Å². The normalized spacial score (nSPS) is 29.8. The molecule has 4 aromatic heterocycles. The summed E-state index contributed by atoms with van der Waals surface area (Å²) in [7, 11) is 0. The third kappa shape index (κ3) is 6.90. The summed E-state index contributed by atoms with van der Waals surface area (Å²) in [6, 6.07) is 0. The van der Waals surface area contributed by atoms with Crippen LogP contribution in [0.4, 0.5) is 16.0 Å². The summed E-state index contributed by atoms with van der Waals surface area (Å²) in [6.45, 7) is -9.64. The lowest BCUT2D eigenvalue weighted by atomic mass is 10.1. The van der Waals surface area contributed by atoms with Crippen LogP contribution in [0.2, 0.25) is 0 Å². The maximum Gasteiger partial charge on any atom is 0.386 e. The summed E-state index contributed by atoms with van der Waals surface area (Å²) in [5, 5.41) is 0. The maximum atomic E-state index is 16.0. The number of anilines is 2. The molecule has 5 N–H and O–H groups in total. The van der Waals surface area contributed by atoms with Gasteiger partial charge in [0.1, 0.15) is 47.1 Å². The molecule has 0 bridgehead atoms. The number of thiol groups is 2. The van der Waals surface area contributed by atoms with E-state index in [4.69, 9.17) is 34.5 Å². The van der Waals surface area contributed by atoms with Gasteiger partial charge in [-0.1, -0.05) is 58.4 Å².